The number of benzene rings is 1. The van der Waals surface area contributed by atoms with Crippen molar-refractivity contribution in [2.45, 2.75) is 19.9 Å². The molecule has 2 aromatic rings. The normalized spacial score (nSPS) is 14.8. The minimum Gasteiger partial charge on any atom is -0.451 e. The summed E-state index contributed by atoms with van der Waals surface area (Å²) in [6, 6.07) is 6.92. The highest BCUT2D eigenvalue weighted by Crippen LogP contribution is 2.27. The molecule has 0 bridgehead atoms. The highest BCUT2D eigenvalue weighted by molar-refractivity contribution is 6.34. The number of fused-ring (bicyclic) bond motifs is 1. The van der Waals surface area contributed by atoms with E-state index in [-0.39, 0.29) is 17.7 Å². The summed E-state index contributed by atoms with van der Waals surface area (Å²) in [6.45, 7) is 3.60. The molecule has 2 unspecified atom stereocenters. The first-order chi connectivity index (χ1) is 8.00. The van der Waals surface area contributed by atoms with Crippen LogP contribution in [0.25, 0.3) is 11.0 Å². The first-order valence-electron chi connectivity index (χ1n) is 5.48. The number of hydrogen-bond acceptors (Lipinski definition) is 3. The maximum atomic E-state index is 12.1. The third-order valence-electron chi connectivity index (χ3n) is 2.94. The number of carbonyl (C=O) groups excluding carboxylic acids is 1. The van der Waals surface area contributed by atoms with Gasteiger partial charge in [0.15, 0.2) is 11.3 Å². The fraction of sp³-hybridized carbons (Fsp3) is 0.308. The zero-order valence-corrected chi connectivity index (χ0v) is 10.5. The Morgan fingerprint density at radius 1 is 1.41 bits per heavy atom. The number of ketones is 1. The van der Waals surface area contributed by atoms with Crippen molar-refractivity contribution in [1.29, 1.82) is 0 Å². The molecule has 0 saturated carbocycles. The van der Waals surface area contributed by atoms with Gasteiger partial charge in [-0.15, -0.1) is 0 Å². The Balaban J connectivity index is 2.44. The van der Waals surface area contributed by atoms with Crippen molar-refractivity contribution in [2.24, 2.45) is 11.7 Å². The van der Waals surface area contributed by atoms with Crippen LogP contribution < -0.4 is 5.73 Å². The molecule has 1 aromatic carbocycles. The minimum absolute atomic E-state index is 0.0905. The van der Waals surface area contributed by atoms with Gasteiger partial charge in [0.2, 0.25) is 5.78 Å². The van der Waals surface area contributed by atoms with Gasteiger partial charge in [-0.2, -0.15) is 0 Å². The van der Waals surface area contributed by atoms with E-state index in [2.05, 4.69) is 0 Å². The smallest absolute Gasteiger partial charge is 0.202 e. The first-order valence-corrected chi connectivity index (χ1v) is 5.86. The molecule has 0 saturated heterocycles. The van der Waals surface area contributed by atoms with Crippen LogP contribution >= 0.6 is 11.6 Å². The molecule has 2 rings (SSSR count). The Bertz CT molecular complexity index is 560. The van der Waals surface area contributed by atoms with E-state index >= 15 is 0 Å². The summed E-state index contributed by atoms with van der Waals surface area (Å²) >= 11 is 5.99. The van der Waals surface area contributed by atoms with Gasteiger partial charge in [0.05, 0.1) is 5.02 Å². The van der Waals surface area contributed by atoms with Crippen LogP contribution in [0.15, 0.2) is 28.7 Å². The summed E-state index contributed by atoms with van der Waals surface area (Å²) in [5.74, 6) is -0.0421. The average molecular weight is 252 g/mol. The van der Waals surface area contributed by atoms with Crippen molar-refractivity contribution in [1.82, 2.24) is 0 Å². The van der Waals surface area contributed by atoms with E-state index in [0.29, 0.717) is 16.4 Å². The Morgan fingerprint density at radius 2 is 2.12 bits per heavy atom. The number of para-hydroxylation sites is 1. The molecular formula is C13H14ClNO2. The predicted octanol–water partition coefficient (Wildman–Crippen LogP) is 3.25. The molecule has 1 heterocycles. The van der Waals surface area contributed by atoms with Crippen LogP contribution in [0, 0.1) is 5.92 Å². The van der Waals surface area contributed by atoms with Crippen molar-refractivity contribution in [3.05, 3.63) is 35.0 Å². The lowest BCUT2D eigenvalue weighted by atomic mass is 9.98. The van der Waals surface area contributed by atoms with Gasteiger partial charge < -0.3 is 10.2 Å². The van der Waals surface area contributed by atoms with Gasteiger partial charge in [0.1, 0.15) is 0 Å². The summed E-state index contributed by atoms with van der Waals surface area (Å²) in [4.78, 5) is 12.1. The summed E-state index contributed by atoms with van der Waals surface area (Å²) in [5, 5.41) is 1.34. The molecule has 90 valence electrons. The molecule has 0 aliphatic heterocycles. The number of furan rings is 1. The fourth-order valence-corrected chi connectivity index (χ4v) is 1.83. The van der Waals surface area contributed by atoms with Gasteiger partial charge in [-0.1, -0.05) is 30.7 Å². The van der Waals surface area contributed by atoms with Crippen molar-refractivity contribution in [3.63, 3.8) is 0 Å². The number of hydrogen-bond donors (Lipinski definition) is 1. The molecule has 4 heteroatoms. The molecule has 2 N–H and O–H groups in total. The zero-order valence-electron chi connectivity index (χ0n) is 9.74. The Labute approximate surface area is 105 Å². The van der Waals surface area contributed by atoms with Gasteiger partial charge in [-0.05, 0) is 19.1 Å². The van der Waals surface area contributed by atoms with Gasteiger partial charge in [-0.25, -0.2) is 0 Å². The molecule has 0 aliphatic rings. The third-order valence-corrected chi connectivity index (χ3v) is 3.24. The van der Waals surface area contributed by atoms with E-state index in [9.17, 15) is 4.79 Å². The SMILES string of the molecule is CC(N)C(C)C(=O)c1cc2cccc(Cl)c2o1. The zero-order chi connectivity index (χ0) is 12.6. The van der Waals surface area contributed by atoms with Crippen LogP contribution in [0.3, 0.4) is 0 Å². The summed E-state index contributed by atoms with van der Waals surface area (Å²) < 4.78 is 5.49. The Morgan fingerprint density at radius 3 is 2.71 bits per heavy atom. The van der Waals surface area contributed by atoms with Crippen LogP contribution in [0.5, 0.6) is 0 Å². The summed E-state index contributed by atoms with van der Waals surface area (Å²) in [7, 11) is 0. The molecule has 3 nitrogen and oxygen atoms in total. The van der Waals surface area contributed by atoms with Crippen LogP contribution in [-0.2, 0) is 0 Å². The van der Waals surface area contributed by atoms with E-state index in [0.717, 1.165) is 5.39 Å². The average Bonchev–Trinajstić information content (AvgIpc) is 2.72. The van der Waals surface area contributed by atoms with Crippen molar-refractivity contribution < 1.29 is 9.21 Å². The van der Waals surface area contributed by atoms with Crippen molar-refractivity contribution in [3.8, 4) is 0 Å². The fourth-order valence-electron chi connectivity index (χ4n) is 1.61. The molecule has 1 aromatic heterocycles. The van der Waals surface area contributed by atoms with Gasteiger partial charge in [0, 0.05) is 17.3 Å². The van der Waals surface area contributed by atoms with Crippen LogP contribution in [-0.4, -0.2) is 11.8 Å². The topological polar surface area (TPSA) is 56.2 Å². The third kappa shape index (κ3) is 2.21. The van der Waals surface area contributed by atoms with Gasteiger partial charge in [-0.3, -0.25) is 4.79 Å². The Kier molecular flexibility index (Phi) is 3.22. The predicted molar refractivity (Wildman–Crippen MR) is 68.4 cm³/mol. The maximum Gasteiger partial charge on any atom is 0.202 e. The van der Waals surface area contributed by atoms with E-state index in [1.54, 1.807) is 26.0 Å². The quantitative estimate of drug-likeness (QED) is 0.852. The van der Waals surface area contributed by atoms with Gasteiger partial charge >= 0.3 is 0 Å². The molecule has 17 heavy (non-hydrogen) atoms. The molecule has 0 fully saturated rings. The number of Topliss-reactive ketones (excluding diaryl/α,β-unsaturated/α-hetero) is 1. The second-order valence-electron chi connectivity index (χ2n) is 4.28. The van der Waals surface area contributed by atoms with E-state index in [1.165, 1.54) is 0 Å². The molecule has 2 atom stereocenters. The van der Waals surface area contributed by atoms with Crippen molar-refractivity contribution in [2.75, 3.05) is 0 Å². The molecular weight excluding hydrogens is 238 g/mol. The van der Waals surface area contributed by atoms with Crippen LogP contribution in [0.4, 0.5) is 0 Å². The number of carbonyl (C=O) groups is 1. The van der Waals surface area contributed by atoms with E-state index < -0.39 is 0 Å². The highest BCUT2D eigenvalue weighted by Gasteiger charge is 2.22. The Hall–Kier alpha value is -1.32. The number of rotatable bonds is 3. The van der Waals surface area contributed by atoms with Gasteiger partial charge in [0.25, 0.3) is 0 Å². The monoisotopic (exact) mass is 251 g/mol. The van der Waals surface area contributed by atoms with E-state index in [4.69, 9.17) is 21.8 Å². The number of halogens is 1. The van der Waals surface area contributed by atoms with E-state index in [1.807, 2.05) is 12.1 Å². The lowest BCUT2D eigenvalue weighted by Crippen LogP contribution is -2.30. The standard InChI is InChI=1S/C13H14ClNO2/c1-7(8(2)15)12(16)11-6-9-4-3-5-10(14)13(9)17-11/h3-8H,15H2,1-2H3. The second kappa shape index (κ2) is 4.51. The maximum absolute atomic E-state index is 12.1. The van der Waals surface area contributed by atoms with Crippen LogP contribution in [0.2, 0.25) is 5.02 Å². The molecule has 0 spiro atoms. The largest absolute Gasteiger partial charge is 0.451 e. The molecule has 0 amide bonds. The lowest BCUT2D eigenvalue weighted by Gasteiger charge is -2.11. The summed E-state index contributed by atoms with van der Waals surface area (Å²) in [6.07, 6.45) is 0. The highest BCUT2D eigenvalue weighted by atomic mass is 35.5. The lowest BCUT2D eigenvalue weighted by molar-refractivity contribution is 0.0891. The molecule has 0 radical (unpaired) electrons. The number of nitrogens with two attached hydrogens (primary N) is 1. The minimum atomic E-state index is -0.269. The van der Waals surface area contributed by atoms with Crippen molar-refractivity contribution >= 4 is 28.4 Å². The molecule has 0 aliphatic carbocycles. The summed E-state index contributed by atoms with van der Waals surface area (Å²) in [5.41, 5.74) is 6.26. The second-order valence-corrected chi connectivity index (χ2v) is 4.69. The first kappa shape index (κ1) is 12.1. The van der Waals surface area contributed by atoms with Crippen LogP contribution in [0.1, 0.15) is 24.4 Å².